The number of nitrogens with zero attached hydrogens (tertiary/aromatic N) is 3. The first kappa shape index (κ1) is 27.8. The standard InChI is InChI=1S/C33H28N4O6S/c1-36-14-13-19-17-43-29-25(42-3)11-9-18(26(19)29)15-23(36)21-10-12-24(41-2)28-27-22(16-34)32(35)37(20-7-5-4-6-8-20)33(38)31(27)44(39,40)30(21)28/h4-12,17,23H,13-15,35H2,1-3H3. The lowest BCUT2D eigenvalue weighted by atomic mass is 9.89. The number of anilines is 1. The van der Waals surface area contributed by atoms with Gasteiger partial charge in [-0.1, -0.05) is 30.3 Å². The minimum atomic E-state index is -4.43. The molecular formula is C33H28N4O6S. The molecule has 2 N–H and O–H groups in total. The van der Waals surface area contributed by atoms with Gasteiger partial charge >= 0.3 is 0 Å². The number of aromatic nitrogens is 1. The molecule has 2 aliphatic heterocycles. The maximum absolute atomic E-state index is 14.6. The van der Waals surface area contributed by atoms with Crippen molar-refractivity contribution in [1.82, 2.24) is 9.47 Å². The molecule has 0 amide bonds. The SMILES string of the molecule is COc1ccc(C2Cc3ccc(OC)c4occ(c34)CCN2C)c2c1-c1c(C#N)c(N)n(-c3ccccc3)c(=O)c1S2(=O)=O. The zero-order valence-corrected chi connectivity index (χ0v) is 25.1. The Morgan fingerprint density at radius 1 is 0.977 bits per heavy atom. The number of furan rings is 1. The van der Waals surface area contributed by atoms with Gasteiger partial charge in [-0.2, -0.15) is 5.26 Å². The van der Waals surface area contributed by atoms with Crippen molar-refractivity contribution < 1.29 is 22.3 Å². The summed E-state index contributed by atoms with van der Waals surface area (Å²) in [6, 6.07) is 17.4. The van der Waals surface area contributed by atoms with Crippen LogP contribution in [0.15, 0.2) is 79.9 Å². The number of sulfone groups is 1. The van der Waals surface area contributed by atoms with Crippen molar-refractivity contribution in [3.05, 3.63) is 93.5 Å². The van der Waals surface area contributed by atoms with Gasteiger partial charge in [-0.05, 0) is 60.8 Å². The van der Waals surface area contributed by atoms with Crippen LogP contribution in [0.25, 0.3) is 27.8 Å². The number of benzene rings is 3. The van der Waals surface area contributed by atoms with Crippen molar-refractivity contribution in [2.24, 2.45) is 0 Å². The highest BCUT2D eigenvalue weighted by atomic mass is 32.2. The number of fused-ring (bicyclic) bond motifs is 3. The Kier molecular flexibility index (Phi) is 6.32. The quantitative estimate of drug-likeness (QED) is 0.303. The van der Waals surface area contributed by atoms with E-state index in [-0.39, 0.29) is 33.2 Å². The molecule has 3 aromatic carbocycles. The molecule has 44 heavy (non-hydrogen) atoms. The van der Waals surface area contributed by atoms with Gasteiger partial charge in [0.2, 0.25) is 9.84 Å². The number of nitrogen functional groups attached to an aromatic ring is 1. The van der Waals surface area contributed by atoms with Crippen LogP contribution in [-0.2, 0) is 22.7 Å². The lowest BCUT2D eigenvalue weighted by molar-refractivity contribution is 0.241. The first-order chi connectivity index (χ1) is 21.2. The predicted molar refractivity (Wildman–Crippen MR) is 164 cm³/mol. The molecular weight excluding hydrogens is 580 g/mol. The summed E-state index contributed by atoms with van der Waals surface area (Å²) >= 11 is 0. The number of nitriles is 1. The van der Waals surface area contributed by atoms with Crippen LogP contribution in [0.1, 0.15) is 28.3 Å². The average Bonchev–Trinajstić information content (AvgIpc) is 3.55. The first-order valence-corrected chi connectivity index (χ1v) is 15.5. The molecule has 0 aliphatic carbocycles. The number of hydrogen-bond donors (Lipinski definition) is 1. The Balaban J connectivity index is 1.51. The molecule has 7 rings (SSSR count). The highest BCUT2D eigenvalue weighted by Crippen LogP contribution is 2.52. The molecule has 0 saturated carbocycles. The number of ether oxygens (including phenoxy) is 2. The summed E-state index contributed by atoms with van der Waals surface area (Å²) < 4.78 is 47.4. The van der Waals surface area contributed by atoms with Crippen molar-refractivity contribution in [2.75, 3.05) is 33.5 Å². The Morgan fingerprint density at radius 2 is 1.70 bits per heavy atom. The second kappa shape index (κ2) is 10.0. The fourth-order valence-electron chi connectivity index (χ4n) is 6.69. The molecule has 0 radical (unpaired) electrons. The van der Waals surface area contributed by atoms with Gasteiger partial charge in [-0.3, -0.25) is 14.3 Å². The second-order valence-electron chi connectivity index (χ2n) is 11.0. The average molecular weight is 609 g/mol. The van der Waals surface area contributed by atoms with E-state index in [0.717, 1.165) is 21.1 Å². The van der Waals surface area contributed by atoms with Gasteiger partial charge in [0.25, 0.3) is 5.56 Å². The third-order valence-corrected chi connectivity index (χ3v) is 10.7. The monoisotopic (exact) mass is 608 g/mol. The summed E-state index contributed by atoms with van der Waals surface area (Å²) in [5, 5.41) is 11.3. The second-order valence-corrected chi connectivity index (χ2v) is 12.8. The molecule has 2 aliphatic rings. The number of para-hydroxylation sites is 1. The lowest BCUT2D eigenvalue weighted by Crippen LogP contribution is -2.31. The van der Waals surface area contributed by atoms with Crippen LogP contribution in [-0.4, -0.2) is 45.7 Å². The summed E-state index contributed by atoms with van der Waals surface area (Å²) in [6.45, 7) is 0.612. The summed E-state index contributed by atoms with van der Waals surface area (Å²) in [6.07, 6.45) is 2.88. The molecule has 1 unspecified atom stereocenters. The van der Waals surface area contributed by atoms with Crippen LogP contribution in [0.2, 0.25) is 0 Å². The van der Waals surface area contributed by atoms with Crippen LogP contribution >= 0.6 is 0 Å². The Morgan fingerprint density at radius 3 is 2.41 bits per heavy atom. The predicted octanol–water partition coefficient (Wildman–Crippen LogP) is 4.64. The number of nitrogens with two attached hydrogens (primary N) is 1. The van der Waals surface area contributed by atoms with E-state index < -0.39 is 26.3 Å². The molecule has 11 heteroatoms. The van der Waals surface area contributed by atoms with Gasteiger partial charge in [0.15, 0.2) is 11.3 Å². The highest BCUT2D eigenvalue weighted by Gasteiger charge is 2.45. The van der Waals surface area contributed by atoms with Gasteiger partial charge in [-0.15, -0.1) is 0 Å². The van der Waals surface area contributed by atoms with E-state index in [1.54, 1.807) is 55.8 Å². The summed E-state index contributed by atoms with van der Waals surface area (Å²) in [5.41, 5.74) is 9.23. The molecule has 0 fully saturated rings. The van der Waals surface area contributed by atoms with Crippen molar-refractivity contribution in [1.29, 1.82) is 5.26 Å². The molecule has 4 heterocycles. The van der Waals surface area contributed by atoms with Crippen LogP contribution in [0, 0.1) is 11.3 Å². The van der Waals surface area contributed by atoms with Crippen molar-refractivity contribution in [3.63, 3.8) is 0 Å². The minimum Gasteiger partial charge on any atom is -0.496 e. The fourth-order valence-corrected chi connectivity index (χ4v) is 8.67. The molecule has 0 spiro atoms. The van der Waals surface area contributed by atoms with Gasteiger partial charge < -0.3 is 19.6 Å². The van der Waals surface area contributed by atoms with Gasteiger partial charge in [0.1, 0.15) is 28.1 Å². The normalized spacial score (nSPS) is 16.9. The lowest BCUT2D eigenvalue weighted by Gasteiger charge is -2.32. The van der Waals surface area contributed by atoms with Crippen molar-refractivity contribution in [3.8, 4) is 34.4 Å². The summed E-state index contributed by atoms with van der Waals surface area (Å²) in [5.74, 6) is 0.714. The molecule has 0 saturated heterocycles. The van der Waals surface area contributed by atoms with Crippen LogP contribution < -0.4 is 20.8 Å². The third kappa shape index (κ3) is 3.74. The van der Waals surface area contributed by atoms with E-state index in [1.807, 2.05) is 19.2 Å². The minimum absolute atomic E-state index is 0.0201. The maximum Gasteiger partial charge on any atom is 0.276 e. The highest BCUT2D eigenvalue weighted by molar-refractivity contribution is 7.92. The van der Waals surface area contributed by atoms with Crippen LogP contribution in [0.4, 0.5) is 5.82 Å². The zero-order chi connectivity index (χ0) is 30.9. The molecule has 222 valence electrons. The topological polar surface area (TPSA) is 141 Å². The smallest absolute Gasteiger partial charge is 0.276 e. The van der Waals surface area contributed by atoms with E-state index in [2.05, 4.69) is 11.0 Å². The van der Waals surface area contributed by atoms with Crippen LogP contribution in [0.3, 0.4) is 0 Å². The molecule has 2 aromatic heterocycles. The summed E-state index contributed by atoms with van der Waals surface area (Å²) in [4.78, 5) is 15.7. The van der Waals surface area contributed by atoms with E-state index in [1.165, 1.54) is 7.11 Å². The van der Waals surface area contributed by atoms with Gasteiger partial charge in [0, 0.05) is 29.1 Å². The first-order valence-electron chi connectivity index (χ1n) is 14.0. The largest absolute Gasteiger partial charge is 0.496 e. The number of pyridine rings is 1. The van der Waals surface area contributed by atoms with E-state index in [4.69, 9.17) is 19.6 Å². The Labute approximate surface area is 253 Å². The van der Waals surface area contributed by atoms with E-state index in [9.17, 15) is 18.5 Å². The van der Waals surface area contributed by atoms with Gasteiger partial charge in [0.05, 0.1) is 31.1 Å². The van der Waals surface area contributed by atoms with E-state index in [0.29, 0.717) is 42.0 Å². The van der Waals surface area contributed by atoms with Gasteiger partial charge in [-0.25, -0.2) is 8.42 Å². The zero-order valence-electron chi connectivity index (χ0n) is 24.2. The molecule has 0 bridgehead atoms. The molecule has 1 atom stereocenters. The van der Waals surface area contributed by atoms with Crippen LogP contribution in [0.5, 0.6) is 11.5 Å². The Hall–Kier alpha value is -5.05. The van der Waals surface area contributed by atoms with Crippen molar-refractivity contribution >= 4 is 26.6 Å². The number of methoxy groups -OCH3 is 2. The molecule has 5 aromatic rings. The van der Waals surface area contributed by atoms with Crippen molar-refractivity contribution in [2.45, 2.75) is 28.7 Å². The maximum atomic E-state index is 14.6. The fraction of sp³-hybridized carbons (Fsp3) is 0.212. The Bertz CT molecular complexity index is 2210. The van der Waals surface area contributed by atoms with E-state index >= 15 is 0 Å². The molecule has 10 nitrogen and oxygen atoms in total. The summed E-state index contributed by atoms with van der Waals surface area (Å²) in [7, 11) is 0.539. The number of likely N-dealkylation sites (N-methyl/N-ethyl adjacent to an activating group) is 1. The third-order valence-electron chi connectivity index (χ3n) is 8.76. The number of rotatable bonds is 4. The number of hydrogen-bond acceptors (Lipinski definition) is 9.